The van der Waals surface area contributed by atoms with Gasteiger partial charge in [-0.25, -0.2) is 18.2 Å². The average Bonchev–Trinajstić information content (AvgIpc) is 3.27. The summed E-state index contributed by atoms with van der Waals surface area (Å²) in [5.41, 5.74) is 2.75. The van der Waals surface area contributed by atoms with Gasteiger partial charge in [-0.2, -0.15) is 10.1 Å². The summed E-state index contributed by atoms with van der Waals surface area (Å²) in [4.78, 5) is 20.7. The Morgan fingerprint density at radius 3 is 2.43 bits per heavy atom. The van der Waals surface area contributed by atoms with Crippen LogP contribution in [0.1, 0.15) is 11.7 Å². The molecule has 1 atom stereocenters. The number of hydrogen-bond donors (Lipinski definition) is 3. The number of anilines is 5. The van der Waals surface area contributed by atoms with E-state index in [9.17, 15) is 18.0 Å². The van der Waals surface area contributed by atoms with Crippen LogP contribution in [0.3, 0.4) is 0 Å². The molecule has 2 heterocycles. The van der Waals surface area contributed by atoms with Gasteiger partial charge in [0.15, 0.2) is 6.17 Å². The molecule has 4 rings (SSSR count). The van der Waals surface area contributed by atoms with Gasteiger partial charge in [-0.15, -0.1) is 0 Å². The maximum Gasteiger partial charge on any atom is 0.273 e. The summed E-state index contributed by atoms with van der Waals surface area (Å²) in [6.07, 6.45) is 0.593. The standard InChI is InChI=1S/C25H21BrF3N7O/c1-3-21(37)32-17-8-16(26)9-18(10-17)33-24-20(14-4-6-15(7-5-14)22(27)23(28)29)12-30-25(35-24)34-19-11-31-36(2)13-19/h3-13,22-23H,1H2,2H3,(H,32,37)(H2,30,33,34,35). The van der Waals surface area contributed by atoms with E-state index in [4.69, 9.17) is 0 Å². The number of alkyl halides is 3. The van der Waals surface area contributed by atoms with Crippen LogP contribution in [0.15, 0.2) is 78.2 Å². The Labute approximate surface area is 218 Å². The lowest BCUT2D eigenvalue weighted by atomic mass is 10.0. The number of rotatable bonds is 9. The number of benzene rings is 2. The minimum atomic E-state index is -3.11. The van der Waals surface area contributed by atoms with Crippen molar-refractivity contribution in [2.75, 3.05) is 16.0 Å². The number of amides is 1. The van der Waals surface area contributed by atoms with Gasteiger partial charge in [0.2, 0.25) is 11.9 Å². The summed E-state index contributed by atoms with van der Waals surface area (Å²) in [6, 6.07) is 10.9. The lowest BCUT2D eigenvalue weighted by molar-refractivity contribution is -0.111. The van der Waals surface area contributed by atoms with E-state index < -0.39 is 12.6 Å². The molecule has 0 aliphatic carbocycles. The van der Waals surface area contributed by atoms with Crippen molar-refractivity contribution >= 4 is 50.7 Å². The van der Waals surface area contributed by atoms with Crippen molar-refractivity contribution in [1.82, 2.24) is 19.7 Å². The summed E-state index contributed by atoms with van der Waals surface area (Å²) < 4.78 is 41.6. The highest BCUT2D eigenvalue weighted by Gasteiger charge is 2.21. The molecule has 0 aliphatic rings. The van der Waals surface area contributed by atoms with Gasteiger partial charge in [-0.1, -0.05) is 46.8 Å². The first-order valence-corrected chi connectivity index (χ1v) is 11.7. The van der Waals surface area contributed by atoms with Crippen molar-refractivity contribution < 1.29 is 18.0 Å². The molecule has 4 aromatic rings. The van der Waals surface area contributed by atoms with Crippen LogP contribution >= 0.6 is 15.9 Å². The van der Waals surface area contributed by atoms with Crippen molar-refractivity contribution in [2.24, 2.45) is 7.05 Å². The van der Waals surface area contributed by atoms with Gasteiger partial charge in [0.1, 0.15) is 5.82 Å². The first-order chi connectivity index (χ1) is 17.7. The van der Waals surface area contributed by atoms with Crippen LogP contribution in [0.2, 0.25) is 0 Å². The van der Waals surface area contributed by atoms with Crippen LogP contribution in [0.4, 0.5) is 42.0 Å². The van der Waals surface area contributed by atoms with Gasteiger partial charge in [0.25, 0.3) is 6.43 Å². The molecule has 37 heavy (non-hydrogen) atoms. The monoisotopic (exact) mass is 571 g/mol. The van der Waals surface area contributed by atoms with Gasteiger partial charge < -0.3 is 16.0 Å². The molecule has 0 saturated heterocycles. The predicted molar refractivity (Wildman–Crippen MR) is 140 cm³/mol. The molecule has 12 heteroatoms. The Kier molecular flexibility index (Phi) is 7.87. The molecule has 8 nitrogen and oxygen atoms in total. The number of halogens is 4. The molecule has 0 saturated carbocycles. The van der Waals surface area contributed by atoms with Crippen molar-refractivity contribution in [3.63, 3.8) is 0 Å². The topological polar surface area (TPSA) is 96.8 Å². The minimum Gasteiger partial charge on any atom is -0.339 e. The first kappa shape index (κ1) is 25.9. The third-order valence-corrected chi connectivity index (χ3v) is 5.58. The molecule has 0 aliphatic heterocycles. The zero-order valence-electron chi connectivity index (χ0n) is 19.4. The molecule has 2 aromatic heterocycles. The number of aryl methyl sites for hydroxylation is 1. The zero-order valence-corrected chi connectivity index (χ0v) is 21.0. The van der Waals surface area contributed by atoms with E-state index in [1.807, 2.05) is 0 Å². The highest BCUT2D eigenvalue weighted by molar-refractivity contribution is 9.10. The Bertz CT molecular complexity index is 1430. The van der Waals surface area contributed by atoms with Crippen LogP contribution < -0.4 is 16.0 Å². The summed E-state index contributed by atoms with van der Waals surface area (Å²) in [6.45, 7) is 3.45. The summed E-state index contributed by atoms with van der Waals surface area (Å²) >= 11 is 3.43. The largest absolute Gasteiger partial charge is 0.339 e. The highest BCUT2D eigenvalue weighted by Crippen LogP contribution is 2.33. The fraction of sp³-hybridized carbons (Fsp3) is 0.120. The van der Waals surface area contributed by atoms with E-state index in [1.54, 1.807) is 48.5 Å². The third kappa shape index (κ3) is 6.53. The summed E-state index contributed by atoms with van der Waals surface area (Å²) in [5, 5.41) is 13.1. The van der Waals surface area contributed by atoms with Crippen molar-refractivity contribution in [3.8, 4) is 11.1 Å². The van der Waals surface area contributed by atoms with E-state index in [0.29, 0.717) is 38.5 Å². The van der Waals surface area contributed by atoms with Crippen LogP contribution in [0.25, 0.3) is 11.1 Å². The number of hydrogen-bond acceptors (Lipinski definition) is 6. The van der Waals surface area contributed by atoms with Crippen LogP contribution in [-0.4, -0.2) is 32.1 Å². The Hall–Kier alpha value is -4.19. The highest BCUT2D eigenvalue weighted by atomic mass is 79.9. The van der Waals surface area contributed by atoms with Gasteiger partial charge in [0, 0.05) is 40.9 Å². The molecular formula is C25H21BrF3N7O. The molecule has 0 fully saturated rings. The number of nitrogens with one attached hydrogen (secondary N) is 3. The molecule has 3 N–H and O–H groups in total. The predicted octanol–water partition coefficient (Wildman–Crippen LogP) is 6.53. The molecule has 190 valence electrons. The number of carbonyl (C=O) groups is 1. The van der Waals surface area contributed by atoms with E-state index in [0.717, 1.165) is 6.08 Å². The molecule has 0 radical (unpaired) electrons. The van der Waals surface area contributed by atoms with Crippen molar-refractivity contribution in [1.29, 1.82) is 0 Å². The molecule has 0 spiro atoms. The lowest BCUT2D eigenvalue weighted by Crippen LogP contribution is -2.08. The smallest absolute Gasteiger partial charge is 0.273 e. The van der Waals surface area contributed by atoms with Crippen molar-refractivity contribution in [2.45, 2.75) is 12.6 Å². The second kappa shape index (κ2) is 11.2. The van der Waals surface area contributed by atoms with Crippen LogP contribution in [-0.2, 0) is 11.8 Å². The molecule has 0 bridgehead atoms. The Balaban J connectivity index is 1.71. The van der Waals surface area contributed by atoms with Gasteiger partial charge in [-0.05, 0) is 35.4 Å². The summed E-state index contributed by atoms with van der Waals surface area (Å²) in [5.74, 6) is 0.274. The van der Waals surface area contributed by atoms with E-state index in [2.05, 4.69) is 53.5 Å². The second-order valence-electron chi connectivity index (χ2n) is 7.89. The maximum atomic E-state index is 13.8. The molecule has 1 unspecified atom stereocenters. The maximum absolute atomic E-state index is 13.8. The van der Waals surface area contributed by atoms with Gasteiger partial charge >= 0.3 is 0 Å². The van der Waals surface area contributed by atoms with Crippen molar-refractivity contribution in [3.05, 3.63) is 83.7 Å². The van der Waals surface area contributed by atoms with E-state index in [-0.39, 0.29) is 17.4 Å². The van der Waals surface area contributed by atoms with Gasteiger partial charge in [-0.3, -0.25) is 9.48 Å². The molecule has 1 amide bonds. The first-order valence-electron chi connectivity index (χ1n) is 10.9. The number of nitrogens with zero attached hydrogens (tertiary/aromatic N) is 4. The van der Waals surface area contributed by atoms with Crippen LogP contribution in [0.5, 0.6) is 0 Å². The Morgan fingerprint density at radius 2 is 1.78 bits per heavy atom. The molecule has 2 aromatic carbocycles. The Morgan fingerprint density at radius 1 is 1.05 bits per heavy atom. The quantitative estimate of drug-likeness (QED) is 0.198. The van der Waals surface area contributed by atoms with Crippen LogP contribution in [0, 0.1) is 0 Å². The fourth-order valence-corrected chi connectivity index (χ4v) is 3.91. The average molecular weight is 572 g/mol. The number of carbonyl (C=O) groups excluding carboxylic acids is 1. The third-order valence-electron chi connectivity index (χ3n) is 5.12. The van der Waals surface area contributed by atoms with Gasteiger partial charge in [0.05, 0.1) is 11.9 Å². The molecular weight excluding hydrogens is 551 g/mol. The SMILES string of the molecule is C=CC(=O)Nc1cc(Br)cc(Nc2nc(Nc3cnn(C)c3)ncc2-c2ccc(C(F)C(F)F)cc2)c1. The van der Waals surface area contributed by atoms with E-state index in [1.165, 1.54) is 24.3 Å². The summed E-state index contributed by atoms with van der Waals surface area (Å²) in [7, 11) is 1.78. The van der Waals surface area contributed by atoms with E-state index >= 15 is 0 Å². The minimum absolute atomic E-state index is 0.126. The normalized spacial score (nSPS) is 11.7. The number of aromatic nitrogens is 4. The fourth-order valence-electron chi connectivity index (χ4n) is 3.42. The second-order valence-corrected chi connectivity index (χ2v) is 8.80. The zero-order chi connectivity index (χ0) is 26.5. The lowest BCUT2D eigenvalue weighted by Gasteiger charge is -2.15.